The Kier molecular flexibility index (Phi) is 5.73. The Bertz CT molecular complexity index is 452. The fourth-order valence-electron chi connectivity index (χ4n) is 2.36. The largest absolute Gasteiger partial charge is 0.492 e. The van der Waals surface area contributed by atoms with Gasteiger partial charge in [-0.05, 0) is 18.6 Å². The van der Waals surface area contributed by atoms with Crippen LogP contribution in [0.4, 0.5) is 0 Å². The second-order valence-electron chi connectivity index (χ2n) is 4.98. The number of nitrogens with zero attached hydrogens (tertiary/aromatic N) is 1. The number of benzene rings is 1. The van der Waals surface area contributed by atoms with Crippen LogP contribution in [0.15, 0.2) is 24.3 Å². The molecule has 1 heterocycles. The van der Waals surface area contributed by atoms with E-state index in [2.05, 4.69) is 4.90 Å². The Hall–Kier alpha value is -1.20. The average Bonchev–Trinajstić information content (AvgIpc) is 2.42. The average molecular weight is 295 g/mol. The number of rotatable bonds is 6. The molecule has 20 heavy (non-hydrogen) atoms. The maximum absolute atomic E-state index is 10.9. The number of carboxylic acids is 1. The van der Waals surface area contributed by atoms with E-state index in [-0.39, 0.29) is 12.5 Å². The van der Waals surface area contributed by atoms with Crippen molar-refractivity contribution in [1.82, 2.24) is 4.90 Å². The van der Waals surface area contributed by atoms with Crippen molar-refractivity contribution >= 4 is 17.7 Å². The Morgan fingerprint density at radius 3 is 3.05 bits per heavy atom. The molecule has 0 saturated carbocycles. The van der Waals surface area contributed by atoms with Gasteiger partial charge in [0.05, 0.1) is 6.42 Å². The van der Waals surface area contributed by atoms with Crippen molar-refractivity contribution in [3.05, 3.63) is 29.8 Å². The summed E-state index contributed by atoms with van der Waals surface area (Å²) in [6.07, 6.45) is 0.220. The molecule has 0 spiro atoms. The highest BCUT2D eigenvalue weighted by molar-refractivity contribution is 7.99. The fourth-order valence-corrected chi connectivity index (χ4v) is 3.50. The van der Waals surface area contributed by atoms with Gasteiger partial charge in [0.2, 0.25) is 0 Å². The van der Waals surface area contributed by atoms with Crippen LogP contribution in [0.1, 0.15) is 12.0 Å². The molecule has 0 aromatic heterocycles. The molecule has 1 aliphatic rings. The van der Waals surface area contributed by atoms with Crippen molar-refractivity contribution in [3.63, 3.8) is 0 Å². The lowest BCUT2D eigenvalue weighted by atomic mass is 10.2. The summed E-state index contributed by atoms with van der Waals surface area (Å²) < 4.78 is 5.80. The molecule has 0 radical (unpaired) electrons. The van der Waals surface area contributed by atoms with E-state index >= 15 is 0 Å². The lowest BCUT2D eigenvalue weighted by molar-refractivity contribution is -0.138. The van der Waals surface area contributed by atoms with Crippen molar-refractivity contribution < 1.29 is 14.6 Å². The highest BCUT2D eigenvalue weighted by atomic mass is 32.2. The summed E-state index contributed by atoms with van der Waals surface area (Å²) in [4.78, 5) is 13.1. The first-order valence-corrected chi connectivity index (χ1v) is 8.04. The molecule has 1 aromatic rings. The number of aliphatic carboxylic acids is 1. The lowest BCUT2D eigenvalue weighted by Gasteiger charge is -2.34. The van der Waals surface area contributed by atoms with Gasteiger partial charge in [0.1, 0.15) is 12.4 Å². The van der Waals surface area contributed by atoms with Crippen LogP contribution in [0.25, 0.3) is 0 Å². The van der Waals surface area contributed by atoms with Crippen LogP contribution in [-0.2, 0) is 4.79 Å². The zero-order valence-electron chi connectivity index (χ0n) is 11.7. The van der Waals surface area contributed by atoms with Crippen LogP contribution in [0.3, 0.4) is 0 Å². The van der Waals surface area contributed by atoms with E-state index in [1.54, 1.807) is 0 Å². The summed E-state index contributed by atoms with van der Waals surface area (Å²) >= 11 is 1.84. The van der Waals surface area contributed by atoms with E-state index in [1.807, 2.05) is 43.0 Å². The van der Waals surface area contributed by atoms with Crippen LogP contribution in [0.5, 0.6) is 5.75 Å². The first-order chi connectivity index (χ1) is 9.66. The number of hydrogen-bond acceptors (Lipinski definition) is 4. The van der Waals surface area contributed by atoms with Gasteiger partial charge in [-0.25, -0.2) is 0 Å². The number of thioether (sulfide) groups is 1. The minimum Gasteiger partial charge on any atom is -0.492 e. The normalized spacial score (nSPS) is 19.8. The number of ether oxygens (including phenoxy) is 1. The molecule has 1 saturated heterocycles. The Morgan fingerprint density at radius 2 is 2.30 bits per heavy atom. The molecule has 2 rings (SSSR count). The fraction of sp³-hybridized carbons (Fsp3) is 0.533. The van der Waals surface area contributed by atoms with Gasteiger partial charge in [0.25, 0.3) is 0 Å². The Labute approximate surface area is 124 Å². The lowest BCUT2D eigenvalue weighted by Crippen LogP contribution is -2.45. The number of hydrogen-bond donors (Lipinski definition) is 1. The SMILES string of the molecule is Cc1ccccc1OCCN1CCSCC1CC(=O)O. The number of carboxylic acid groups (broad SMARTS) is 1. The van der Waals surface area contributed by atoms with E-state index in [9.17, 15) is 4.79 Å². The first kappa shape index (κ1) is 15.2. The van der Waals surface area contributed by atoms with E-state index in [0.29, 0.717) is 6.61 Å². The third kappa shape index (κ3) is 4.42. The van der Waals surface area contributed by atoms with Crippen molar-refractivity contribution in [2.45, 2.75) is 19.4 Å². The quantitative estimate of drug-likeness (QED) is 0.872. The molecule has 5 heteroatoms. The predicted octanol–water partition coefficient (Wildman–Crippen LogP) is 2.27. The third-order valence-electron chi connectivity index (χ3n) is 3.49. The maximum Gasteiger partial charge on any atom is 0.304 e. The summed E-state index contributed by atoms with van der Waals surface area (Å²) in [6, 6.07) is 8.09. The molecular weight excluding hydrogens is 274 g/mol. The van der Waals surface area contributed by atoms with Crippen LogP contribution >= 0.6 is 11.8 Å². The monoisotopic (exact) mass is 295 g/mol. The Morgan fingerprint density at radius 1 is 1.50 bits per heavy atom. The third-order valence-corrected chi connectivity index (χ3v) is 4.58. The molecule has 1 atom stereocenters. The van der Waals surface area contributed by atoms with Crippen molar-refractivity contribution in [3.8, 4) is 5.75 Å². The molecule has 0 aliphatic carbocycles. The number of para-hydroxylation sites is 1. The van der Waals surface area contributed by atoms with E-state index in [0.717, 1.165) is 35.9 Å². The summed E-state index contributed by atoms with van der Waals surface area (Å²) in [7, 11) is 0. The van der Waals surface area contributed by atoms with Crippen LogP contribution in [0.2, 0.25) is 0 Å². The second-order valence-corrected chi connectivity index (χ2v) is 6.13. The van der Waals surface area contributed by atoms with Crippen LogP contribution in [0, 0.1) is 6.92 Å². The zero-order chi connectivity index (χ0) is 14.4. The van der Waals surface area contributed by atoms with Crippen LogP contribution in [-0.4, -0.2) is 53.2 Å². The van der Waals surface area contributed by atoms with Gasteiger partial charge in [-0.2, -0.15) is 11.8 Å². The number of carbonyl (C=O) groups is 1. The molecule has 1 N–H and O–H groups in total. The summed E-state index contributed by atoms with van der Waals surface area (Å²) in [5.74, 6) is 2.16. The van der Waals surface area contributed by atoms with Crippen LogP contribution < -0.4 is 4.74 Å². The molecule has 1 unspecified atom stereocenters. The highest BCUT2D eigenvalue weighted by Crippen LogP contribution is 2.20. The Balaban J connectivity index is 1.82. The molecule has 0 bridgehead atoms. The van der Waals surface area contributed by atoms with Gasteiger partial charge < -0.3 is 9.84 Å². The second kappa shape index (κ2) is 7.55. The minimum absolute atomic E-state index is 0.131. The minimum atomic E-state index is -0.720. The molecular formula is C15H21NO3S. The standard InChI is InChI=1S/C15H21NO3S/c1-12-4-2-3-5-14(12)19-8-6-16-7-9-20-11-13(16)10-15(17)18/h2-5,13H,6-11H2,1H3,(H,17,18). The zero-order valence-corrected chi connectivity index (χ0v) is 12.6. The molecule has 1 aromatic carbocycles. The topological polar surface area (TPSA) is 49.8 Å². The van der Waals surface area contributed by atoms with Crippen molar-refractivity contribution in [2.24, 2.45) is 0 Å². The van der Waals surface area contributed by atoms with Gasteiger partial charge in [0.15, 0.2) is 0 Å². The molecule has 110 valence electrons. The molecule has 0 amide bonds. The van der Waals surface area contributed by atoms with Gasteiger partial charge in [-0.3, -0.25) is 9.69 Å². The maximum atomic E-state index is 10.9. The van der Waals surface area contributed by atoms with Gasteiger partial charge in [0, 0.05) is 30.6 Å². The van der Waals surface area contributed by atoms with E-state index < -0.39 is 5.97 Å². The van der Waals surface area contributed by atoms with Gasteiger partial charge in [-0.1, -0.05) is 18.2 Å². The summed E-state index contributed by atoms with van der Waals surface area (Å²) in [6.45, 7) is 4.36. The summed E-state index contributed by atoms with van der Waals surface area (Å²) in [5.41, 5.74) is 1.13. The van der Waals surface area contributed by atoms with Crippen molar-refractivity contribution in [1.29, 1.82) is 0 Å². The molecule has 1 aliphatic heterocycles. The smallest absolute Gasteiger partial charge is 0.304 e. The van der Waals surface area contributed by atoms with E-state index in [1.165, 1.54) is 0 Å². The van der Waals surface area contributed by atoms with E-state index in [4.69, 9.17) is 9.84 Å². The van der Waals surface area contributed by atoms with Crippen molar-refractivity contribution in [2.75, 3.05) is 31.2 Å². The number of aryl methyl sites for hydroxylation is 1. The van der Waals surface area contributed by atoms with Gasteiger partial charge >= 0.3 is 5.97 Å². The summed E-state index contributed by atoms with van der Waals surface area (Å²) in [5, 5.41) is 8.96. The molecule has 1 fully saturated rings. The predicted molar refractivity (Wildman–Crippen MR) is 81.6 cm³/mol. The van der Waals surface area contributed by atoms with Gasteiger partial charge in [-0.15, -0.1) is 0 Å². The highest BCUT2D eigenvalue weighted by Gasteiger charge is 2.24. The first-order valence-electron chi connectivity index (χ1n) is 6.89. The molecule has 4 nitrogen and oxygen atoms in total.